The van der Waals surface area contributed by atoms with Crippen molar-refractivity contribution in [1.82, 2.24) is 0 Å². The first-order valence-corrected chi connectivity index (χ1v) is 10.9. The average Bonchev–Trinajstić information content (AvgIpc) is 2.99. The maximum atomic E-state index is 12.6. The topological polar surface area (TPSA) is 119 Å². The molecule has 0 N–H and O–H groups in total. The van der Waals surface area contributed by atoms with E-state index in [9.17, 15) is 8.68 Å². The van der Waals surface area contributed by atoms with Crippen LogP contribution >= 0.6 is 0 Å². The smallest absolute Gasteiger partial charge is 0.255 e. The third kappa shape index (κ3) is 4.93. The van der Waals surface area contributed by atoms with Gasteiger partial charge in [-0.1, -0.05) is 0 Å². The molecule has 0 saturated heterocycles. The Labute approximate surface area is 157 Å². The van der Waals surface area contributed by atoms with Crippen molar-refractivity contribution in [3.8, 4) is 11.5 Å². The van der Waals surface area contributed by atoms with E-state index in [0.717, 1.165) is 0 Å². The molecule has 3 aromatic rings. The fourth-order valence-electron chi connectivity index (χ4n) is 2.57. The number of fused-ring (bicyclic) bond motifs is 2. The number of ether oxygens (including phenoxy) is 2. The van der Waals surface area contributed by atoms with Crippen LogP contribution in [0.15, 0.2) is 32.0 Å². The number of halogens is 1. The normalized spacial score (nSPS) is 11.5. The van der Waals surface area contributed by atoms with Crippen molar-refractivity contribution in [1.29, 1.82) is 0 Å². The largest absolute Gasteiger partial charge is 0.722 e. The molecule has 0 fully saturated rings. The number of benzene rings is 1. The van der Waals surface area contributed by atoms with Gasteiger partial charge in [0.2, 0.25) is 5.75 Å². The van der Waals surface area contributed by atoms with Crippen LogP contribution in [-0.4, -0.2) is 39.7 Å². The van der Waals surface area contributed by atoms with Crippen molar-refractivity contribution in [3.05, 3.63) is 34.4 Å². The molecule has 0 radical (unpaired) electrons. The Kier molecular flexibility index (Phi) is 6.39. The van der Waals surface area contributed by atoms with Crippen molar-refractivity contribution < 1.29 is 35.2 Å². The molecule has 2 heterocycles. The summed E-state index contributed by atoms with van der Waals surface area (Å²) in [5.41, 5.74) is 0.744. The molecule has 0 saturated carbocycles. The molecule has 3 rings (SSSR count). The molecule has 1 aromatic carbocycles. The zero-order valence-electron chi connectivity index (χ0n) is 14.9. The molecule has 2 aromatic heterocycles. The van der Waals surface area contributed by atoms with Gasteiger partial charge in [0.05, 0.1) is 38.4 Å². The van der Waals surface area contributed by atoms with E-state index in [2.05, 4.69) is 12.5 Å². The Morgan fingerprint density at radius 1 is 1.19 bits per heavy atom. The fraction of sp³-hybridized carbons (Fsp3) is 0.312. The molecule has 27 heavy (non-hydrogen) atoms. The van der Waals surface area contributed by atoms with Crippen LogP contribution in [0.4, 0.5) is 3.89 Å². The summed E-state index contributed by atoms with van der Waals surface area (Å²) in [6.07, 6.45) is 5.73. The summed E-state index contributed by atoms with van der Waals surface area (Å²) in [6, 6.07) is 3.28. The Morgan fingerprint density at radius 3 is 2.30 bits per heavy atom. The van der Waals surface area contributed by atoms with Gasteiger partial charge < -0.3 is 22.9 Å². The van der Waals surface area contributed by atoms with Gasteiger partial charge in [-0.15, -0.1) is 3.89 Å². The third-order valence-corrected chi connectivity index (χ3v) is 4.25. The highest BCUT2D eigenvalue weighted by Gasteiger charge is 2.23. The summed E-state index contributed by atoms with van der Waals surface area (Å²) in [7, 11) is -2.25. The minimum absolute atomic E-state index is 0.119. The lowest BCUT2D eigenvalue weighted by molar-refractivity contribution is 0.398. The van der Waals surface area contributed by atoms with E-state index >= 15 is 0 Å². The summed E-state index contributed by atoms with van der Waals surface area (Å²) in [4.78, 5) is 12.6. The van der Waals surface area contributed by atoms with E-state index < -0.39 is 10.5 Å². The van der Waals surface area contributed by atoms with E-state index in [1.807, 2.05) is 0 Å². The Hall–Kier alpha value is -2.24. The van der Waals surface area contributed by atoms with Crippen LogP contribution in [0.5, 0.6) is 11.5 Å². The van der Waals surface area contributed by atoms with Crippen LogP contribution in [0.1, 0.15) is 5.76 Å². The number of hydrogen-bond donors (Lipinski definition) is 0. The minimum atomic E-state index is -5.42. The summed E-state index contributed by atoms with van der Waals surface area (Å²) >= 11 is 0. The summed E-state index contributed by atoms with van der Waals surface area (Å²) < 4.78 is 57.6. The quantitative estimate of drug-likeness (QED) is 0.358. The first-order valence-electron chi connectivity index (χ1n) is 7.34. The molecule has 0 atom stereocenters. The molecule has 148 valence electrons. The summed E-state index contributed by atoms with van der Waals surface area (Å²) in [5, 5.41) is 1.07. The Morgan fingerprint density at radius 2 is 1.78 bits per heavy atom. The second kappa shape index (κ2) is 8.19. The highest BCUT2D eigenvalue weighted by molar-refractivity contribution is 7.94. The van der Waals surface area contributed by atoms with Gasteiger partial charge >= 0.3 is 0 Å². The van der Waals surface area contributed by atoms with Crippen LogP contribution in [0, 0.1) is 0 Å². The Balaban J connectivity index is 0.000000465. The van der Waals surface area contributed by atoms with Gasteiger partial charge in [-0.2, -0.15) is 0 Å². The molecule has 0 spiro atoms. The molecule has 0 aliphatic heterocycles. The molecule has 11 heteroatoms. The zero-order chi connectivity index (χ0) is 20.4. The predicted molar refractivity (Wildman–Crippen MR) is 99.1 cm³/mol. The second-order valence-electron chi connectivity index (χ2n) is 5.53. The SMILES string of the molecule is COc1c2occc2c(OC)c2c(=O)cc(C[S+](C)C)oc12.O=S(=O)([O-])F. The molecule has 0 bridgehead atoms. The molecule has 0 aliphatic rings. The van der Waals surface area contributed by atoms with Crippen molar-refractivity contribution in [2.75, 3.05) is 26.7 Å². The number of methoxy groups -OCH3 is 2. The third-order valence-electron chi connectivity index (χ3n) is 3.39. The maximum absolute atomic E-state index is 12.6. The van der Waals surface area contributed by atoms with Crippen molar-refractivity contribution in [2.45, 2.75) is 5.75 Å². The molecule has 8 nitrogen and oxygen atoms in total. The number of hydrogen-bond acceptors (Lipinski definition) is 8. The first-order chi connectivity index (χ1) is 12.6. The lowest BCUT2D eigenvalue weighted by Crippen LogP contribution is -2.08. The van der Waals surface area contributed by atoms with Gasteiger partial charge in [0.15, 0.2) is 28.1 Å². The Bertz CT molecular complexity index is 1110. The van der Waals surface area contributed by atoms with Crippen molar-refractivity contribution in [3.63, 3.8) is 0 Å². The average molecular weight is 420 g/mol. The molecule has 0 aliphatic carbocycles. The fourth-order valence-corrected chi connectivity index (χ4v) is 3.28. The van der Waals surface area contributed by atoms with Crippen molar-refractivity contribution >= 4 is 43.3 Å². The minimum Gasteiger partial charge on any atom is -0.722 e. The van der Waals surface area contributed by atoms with Crippen LogP contribution < -0.4 is 14.9 Å². The molecule has 0 amide bonds. The zero-order valence-corrected chi connectivity index (χ0v) is 16.5. The van der Waals surface area contributed by atoms with Gasteiger partial charge in [-0.3, -0.25) is 4.79 Å². The molecular formula is C16H17FO8S2. The predicted octanol–water partition coefficient (Wildman–Crippen LogP) is 2.35. The maximum Gasteiger partial charge on any atom is 0.255 e. The lowest BCUT2D eigenvalue weighted by Gasteiger charge is -2.11. The molecular weight excluding hydrogens is 403 g/mol. The van der Waals surface area contributed by atoms with Crippen molar-refractivity contribution in [2.24, 2.45) is 0 Å². The molecule has 0 unspecified atom stereocenters. The van der Waals surface area contributed by atoms with Gasteiger partial charge in [-0.05, 0) is 17.0 Å². The van der Waals surface area contributed by atoms with Crippen LogP contribution in [0.3, 0.4) is 0 Å². The monoisotopic (exact) mass is 420 g/mol. The standard InChI is InChI=1S/C16H17O5S.FHO3S/c1-18-13-10-5-6-20-14(10)16(19-2)15-12(13)11(17)7-9(21-15)8-22(3)4;1-5(2,3)4/h5-7H,8H2,1-4H3;(H,2,3,4)/q+1;/p-1. The van der Waals surface area contributed by atoms with E-state index in [1.165, 1.54) is 26.5 Å². The highest BCUT2D eigenvalue weighted by Crippen LogP contribution is 2.42. The summed E-state index contributed by atoms with van der Waals surface area (Å²) in [5.74, 6) is 2.21. The van der Waals surface area contributed by atoms with Crippen LogP contribution in [0.25, 0.3) is 21.9 Å². The number of rotatable bonds is 4. The van der Waals surface area contributed by atoms with E-state index in [1.54, 1.807) is 6.07 Å². The number of furan rings is 1. The van der Waals surface area contributed by atoms with E-state index in [0.29, 0.717) is 45.0 Å². The first kappa shape index (κ1) is 21.1. The van der Waals surface area contributed by atoms with E-state index in [4.69, 9.17) is 31.3 Å². The van der Waals surface area contributed by atoms with Crippen LogP contribution in [0.2, 0.25) is 0 Å². The highest BCUT2D eigenvalue weighted by atomic mass is 32.3. The van der Waals surface area contributed by atoms with Crippen LogP contribution in [-0.2, 0) is 27.2 Å². The van der Waals surface area contributed by atoms with Gasteiger partial charge in [0.1, 0.15) is 11.1 Å². The van der Waals surface area contributed by atoms with Gasteiger partial charge in [0, 0.05) is 6.07 Å². The lowest BCUT2D eigenvalue weighted by atomic mass is 10.1. The van der Waals surface area contributed by atoms with Gasteiger partial charge in [-0.25, -0.2) is 8.42 Å². The van der Waals surface area contributed by atoms with Gasteiger partial charge in [0.25, 0.3) is 10.5 Å². The second-order valence-corrected chi connectivity index (χ2v) is 8.58. The summed E-state index contributed by atoms with van der Waals surface area (Å²) in [6.45, 7) is 0. The van der Waals surface area contributed by atoms with E-state index in [-0.39, 0.29) is 16.3 Å².